The number of hydrogen-bond acceptors (Lipinski definition) is 4. The summed E-state index contributed by atoms with van der Waals surface area (Å²) in [7, 11) is 0. The van der Waals surface area contributed by atoms with Crippen molar-refractivity contribution < 1.29 is 18.7 Å². The van der Waals surface area contributed by atoms with Crippen LogP contribution in [0.4, 0.5) is 5.00 Å². The van der Waals surface area contributed by atoms with E-state index in [4.69, 9.17) is 0 Å². The van der Waals surface area contributed by atoms with Gasteiger partial charge in [0.15, 0.2) is 5.54 Å². The van der Waals surface area contributed by atoms with E-state index >= 15 is 0 Å². The molecule has 2 aromatic heterocycles. The molecule has 0 bridgehead atoms. The largest absolute Gasteiger partial charge is 0.479 e. The third-order valence-corrected chi connectivity index (χ3v) is 7.48. The summed E-state index contributed by atoms with van der Waals surface area (Å²) < 4.78 is 23.5. The van der Waals surface area contributed by atoms with E-state index in [-0.39, 0.29) is 6.42 Å². The standard InChI is InChI=1S/C20H18N2O4S2/c1-19(15-5-3-2-4-6-15)13-20(19,18(23)24)22(28(25)26)17-8-7-16(27-17)14-9-11-21-12-10-14/h2-12H,13H2,1H3,(H,23,24)(H,25,26). The van der Waals surface area contributed by atoms with E-state index in [2.05, 4.69) is 4.98 Å². The fourth-order valence-corrected chi connectivity index (χ4v) is 5.93. The van der Waals surface area contributed by atoms with Crippen molar-refractivity contribution in [3.63, 3.8) is 0 Å². The van der Waals surface area contributed by atoms with Gasteiger partial charge in [0.1, 0.15) is 5.00 Å². The smallest absolute Gasteiger partial charge is 0.331 e. The number of carbonyl (C=O) groups is 1. The van der Waals surface area contributed by atoms with Gasteiger partial charge in [0.25, 0.3) is 11.3 Å². The molecule has 2 heterocycles. The van der Waals surface area contributed by atoms with Crippen LogP contribution >= 0.6 is 11.3 Å². The van der Waals surface area contributed by atoms with Crippen LogP contribution in [0.5, 0.6) is 0 Å². The first-order valence-corrected chi connectivity index (χ1v) is 10.5. The van der Waals surface area contributed by atoms with Gasteiger partial charge in [-0.2, -0.15) is 0 Å². The zero-order chi connectivity index (χ0) is 19.9. The quantitative estimate of drug-likeness (QED) is 0.596. The molecule has 1 aromatic carbocycles. The zero-order valence-electron chi connectivity index (χ0n) is 15.0. The summed E-state index contributed by atoms with van der Waals surface area (Å²) in [6.07, 6.45) is 3.58. The van der Waals surface area contributed by atoms with E-state index in [0.717, 1.165) is 20.3 Å². The summed E-state index contributed by atoms with van der Waals surface area (Å²) in [5, 5.41) is 10.6. The number of rotatable bonds is 6. The molecule has 8 heteroatoms. The van der Waals surface area contributed by atoms with Gasteiger partial charge in [-0.25, -0.2) is 13.3 Å². The second-order valence-electron chi connectivity index (χ2n) is 6.94. The Morgan fingerprint density at radius 1 is 1.14 bits per heavy atom. The maximum atomic E-state index is 12.4. The molecular weight excluding hydrogens is 396 g/mol. The first kappa shape index (κ1) is 18.8. The number of hydrogen-bond donors (Lipinski definition) is 2. The lowest BCUT2D eigenvalue weighted by molar-refractivity contribution is -0.139. The van der Waals surface area contributed by atoms with Crippen molar-refractivity contribution >= 4 is 33.6 Å². The first-order valence-electron chi connectivity index (χ1n) is 8.60. The molecule has 144 valence electrons. The monoisotopic (exact) mass is 414 g/mol. The predicted octanol–water partition coefficient (Wildman–Crippen LogP) is 3.94. The molecule has 4 rings (SSSR count). The molecule has 0 aliphatic heterocycles. The summed E-state index contributed by atoms with van der Waals surface area (Å²) >= 11 is -1.21. The molecule has 1 aliphatic carbocycles. The van der Waals surface area contributed by atoms with Crippen LogP contribution in [-0.4, -0.2) is 30.4 Å². The number of aromatic nitrogens is 1. The lowest BCUT2D eigenvalue weighted by Crippen LogP contribution is -2.49. The van der Waals surface area contributed by atoms with Crippen LogP contribution in [0.2, 0.25) is 0 Å². The molecule has 3 aromatic rings. The number of pyridine rings is 1. The minimum atomic E-state index is -2.49. The molecule has 2 N–H and O–H groups in total. The van der Waals surface area contributed by atoms with Crippen LogP contribution in [0.3, 0.4) is 0 Å². The van der Waals surface area contributed by atoms with Gasteiger partial charge in [0, 0.05) is 22.7 Å². The summed E-state index contributed by atoms with van der Waals surface area (Å²) in [5.41, 5.74) is -0.521. The van der Waals surface area contributed by atoms with Crippen LogP contribution in [0.1, 0.15) is 18.9 Å². The van der Waals surface area contributed by atoms with Crippen molar-refractivity contribution in [1.29, 1.82) is 0 Å². The van der Waals surface area contributed by atoms with E-state index in [0.29, 0.717) is 5.00 Å². The number of carboxylic acids is 1. The normalized spacial score (nSPS) is 24.5. The maximum absolute atomic E-state index is 12.4. The Morgan fingerprint density at radius 2 is 1.82 bits per heavy atom. The Labute approximate surface area is 168 Å². The van der Waals surface area contributed by atoms with Gasteiger partial charge in [0.05, 0.1) is 0 Å². The molecule has 3 unspecified atom stereocenters. The minimum Gasteiger partial charge on any atom is -0.479 e. The van der Waals surface area contributed by atoms with Gasteiger partial charge in [-0.15, -0.1) is 11.3 Å². The van der Waals surface area contributed by atoms with E-state index < -0.39 is 28.2 Å². The van der Waals surface area contributed by atoms with E-state index in [9.17, 15) is 18.7 Å². The second kappa shape index (κ2) is 6.80. The van der Waals surface area contributed by atoms with Crippen LogP contribution in [0.15, 0.2) is 67.0 Å². The number of thiophene rings is 1. The average molecular weight is 415 g/mol. The minimum absolute atomic E-state index is 0.244. The molecule has 0 amide bonds. The maximum Gasteiger partial charge on any atom is 0.331 e. The van der Waals surface area contributed by atoms with Gasteiger partial charge < -0.3 is 5.11 Å². The molecule has 3 atom stereocenters. The lowest BCUT2D eigenvalue weighted by Gasteiger charge is -2.30. The molecule has 6 nitrogen and oxygen atoms in total. The van der Waals surface area contributed by atoms with Crippen molar-refractivity contribution in [3.05, 3.63) is 72.6 Å². The Kier molecular flexibility index (Phi) is 4.57. The second-order valence-corrected chi connectivity index (χ2v) is 8.83. The summed E-state index contributed by atoms with van der Waals surface area (Å²) in [6.45, 7) is 1.83. The number of carboxylic acid groups (broad SMARTS) is 1. The van der Waals surface area contributed by atoms with Gasteiger partial charge in [-0.3, -0.25) is 9.54 Å². The SMILES string of the molecule is CC1(c2ccccc2)CC1(C(=O)O)N(c1ccc(-c2ccncc2)s1)S(=O)O. The van der Waals surface area contributed by atoms with Gasteiger partial charge in [-0.05, 0) is 41.8 Å². The Hall–Kier alpha value is -2.55. The highest BCUT2D eigenvalue weighted by Crippen LogP contribution is 2.62. The summed E-state index contributed by atoms with van der Waals surface area (Å²) in [5.74, 6) is -1.11. The molecule has 0 saturated heterocycles. The van der Waals surface area contributed by atoms with Gasteiger partial charge >= 0.3 is 5.97 Å². The topological polar surface area (TPSA) is 90.7 Å². The first-order chi connectivity index (χ1) is 13.4. The average Bonchev–Trinajstić information content (AvgIpc) is 3.08. The number of aliphatic carboxylic acids is 1. The Bertz CT molecular complexity index is 1040. The highest BCUT2D eigenvalue weighted by atomic mass is 32.2. The molecule has 1 fully saturated rings. The van der Waals surface area contributed by atoms with E-state index in [1.807, 2.05) is 55.5 Å². The fraction of sp³-hybridized carbons (Fsp3) is 0.200. The van der Waals surface area contributed by atoms with Crippen molar-refractivity contribution in [1.82, 2.24) is 4.98 Å². The highest BCUT2D eigenvalue weighted by molar-refractivity contribution is 7.81. The Balaban J connectivity index is 1.79. The molecule has 28 heavy (non-hydrogen) atoms. The molecule has 0 spiro atoms. The summed E-state index contributed by atoms with van der Waals surface area (Å²) in [4.78, 5) is 17.2. The van der Waals surface area contributed by atoms with Crippen LogP contribution in [-0.2, 0) is 21.5 Å². The van der Waals surface area contributed by atoms with Crippen molar-refractivity contribution in [2.45, 2.75) is 24.3 Å². The van der Waals surface area contributed by atoms with Crippen molar-refractivity contribution in [2.75, 3.05) is 4.31 Å². The van der Waals surface area contributed by atoms with E-state index in [1.54, 1.807) is 18.5 Å². The molecule has 1 aliphatic rings. The Morgan fingerprint density at radius 3 is 2.43 bits per heavy atom. The van der Waals surface area contributed by atoms with Gasteiger partial charge in [0.2, 0.25) is 0 Å². The van der Waals surface area contributed by atoms with Gasteiger partial charge in [-0.1, -0.05) is 37.3 Å². The number of nitrogens with zero attached hydrogens (tertiary/aromatic N) is 2. The molecule has 0 radical (unpaired) electrons. The number of benzene rings is 1. The van der Waals surface area contributed by atoms with Crippen molar-refractivity contribution in [2.24, 2.45) is 0 Å². The number of anilines is 1. The molecular formula is C20H18N2O4S2. The third-order valence-electron chi connectivity index (χ3n) is 5.42. The van der Waals surface area contributed by atoms with Crippen LogP contribution in [0.25, 0.3) is 10.4 Å². The van der Waals surface area contributed by atoms with Crippen LogP contribution in [0, 0.1) is 0 Å². The van der Waals surface area contributed by atoms with Crippen LogP contribution < -0.4 is 4.31 Å². The molecule has 1 saturated carbocycles. The lowest BCUT2D eigenvalue weighted by atomic mass is 9.92. The fourth-order valence-electron chi connectivity index (χ4n) is 3.82. The zero-order valence-corrected chi connectivity index (χ0v) is 16.6. The summed E-state index contributed by atoms with van der Waals surface area (Å²) in [6, 6.07) is 16.5. The predicted molar refractivity (Wildman–Crippen MR) is 110 cm³/mol. The highest BCUT2D eigenvalue weighted by Gasteiger charge is 2.75. The third kappa shape index (κ3) is 2.76. The van der Waals surface area contributed by atoms with Crippen molar-refractivity contribution in [3.8, 4) is 10.4 Å². The van der Waals surface area contributed by atoms with E-state index in [1.165, 1.54) is 11.3 Å².